The van der Waals surface area contributed by atoms with Gasteiger partial charge in [-0.3, -0.25) is 4.90 Å². The maximum Gasteiger partial charge on any atom is 0.151 e. The number of hydrogen-bond donors (Lipinski definition) is 2. The number of anilines is 1. The summed E-state index contributed by atoms with van der Waals surface area (Å²) in [4.78, 5) is 2.46. The summed E-state index contributed by atoms with van der Waals surface area (Å²) in [6, 6.07) is 12.3. The van der Waals surface area contributed by atoms with Crippen LogP contribution in [0.1, 0.15) is 5.56 Å². The fraction of sp³-hybridized carbons (Fsp3) is 0.412. The molecule has 1 saturated heterocycles. The molecule has 2 heterocycles. The molecule has 0 atom stereocenters. The lowest BCUT2D eigenvalue weighted by Crippen LogP contribution is -2.45. The van der Waals surface area contributed by atoms with Crippen molar-refractivity contribution in [2.24, 2.45) is 0 Å². The van der Waals surface area contributed by atoms with Crippen LogP contribution < -0.4 is 10.6 Å². The average Bonchev–Trinajstić information content (AvgIpc) is 2.58. The summed E-state index contributed by atoms with van der Waals surface area (Å²) in [5.41, 5.74) is 3.16. The Morgan fingerprint density at radius 3 is 2.64 bits per heavy atom. The molecule has 2 aromatic rings. The Labute approximate surface area is 131 Å². The van der Waals surface area contributed by atoms with Crippen molar-refractivity contribution in [3.05, 3.63) is 42.0 Å². The van der Waals surface area contributed by atoms with Gasteiger partial charge in [0, 0.05) is 44.8 Å². The molecule has 0 bridgehead atoms. The minimum Gasteiger partial charge on any atom is -0.367 e. The minimum absolute atomic E-state index is 0.884. The molecule has 0 radical (unpaired) electrons. The molecule has 1 fully saturated rings. The van der Waals surface area contributed by atoms with Gasteiger partial charge in [-0.1, -0.05) is 30.3 Å². The van der Waals surface area contributed by atoms with E-state index in [1.165, 1.54) is 0 Å². The Kier molecular flexibility index (Phi) is 4.98. The summed E-state index contributed by atoms with van der Waals surface area (Å²) in [6.45, 7) is 8.45. The Morgan fingerprint density at radius 2 is 1.91 bits per heavy atom. The summed E-state index contributed by atoms with van der Waals surface area (Å²) in [5, 5.41) is 15.5. The van der Waals surface area contributed by atoms with E-state index in [1.807, 2.05) is 18.2 Å². The van der Waals surface area contributed by atoms with E-state index in [0.29, 0.717) is 0 Å². The number of hydrogen-bond acceptors (Lipinski definition) is 5. The van der Waals surface area contributed by atoms with Crippen LogP contribution in [0.15, 0.2) is 36.4 Å². The molecule has 1 aromatic heterocycles. The fourth-order valence-corrected chi connectivity index (χ4v) is 2.68. The van der Waals surface area contributed by atoms with Gasteiger partial charge in [0.2, 0.25) is 0 Å². The van der Waals surface area contributed by atoms with Crippen LogP contribution in [0.25, 0.3) is 11.3 Å². The molecule has 1 aliphatic heterocycles. The van der Waals surface area contributed by atoms with Crippen molar-refractivity contribution in [2.45, 2.75) is 6.92 Å². The van der Waals surface area contributed by atoms with Gasteiger partial charge in [0.25, 0.3) is 0 Å². The van der Waals surface area contributed by atoms with Gasteiger partial charge in [0.05, 0.1) is 5.69 Å². The van der Waals surface area contributed by atoms with Crippen LogP contribution in [0.4, 0.5) is 5.82 Å². The second-order valence-electron chi connectivity index (χ2n) is 5.65. The molecule has 5 heteroatoms. The summed E-state index contributed by atoms with van der Waals surface area (Å²) in [6.07, 6.45) is 0. The molecule has 0 aliphatic carbocycles. The first-order valence-corrected chi connectivity index (χ1v) is 7.89. The second-order valence-corrected chi connectivity index (χ2v) is 5.65. The molecule has 2 N–H and O–H groups in total. The zero-order valence-electron chi connectivity index (χ0n) is 13.0. The zero-order chi connectivity index (χ0) is 15.2. The monoisotopic (exact) mass is 297 g/mol. The number of nitrogens with zero attached hydrogens (tertiary/aromatic N) is 3. The van der Waals surface area contributed by atoms with Crippen LogP contribution in [0, 0.1) is 6.92 Å². The lowest BCUT2D eigenvalue weighted by atomic mass is 10.1. The Balaban J connectivity index is 1.58. The second kappa shape index (κ2) is 7.33. The van der Waals surface area contributed by atoms with Gasteiger partial charge in [-0.2, -0.15) is 0 Å². The van der Waals surface area contributed by atoms with E-state index < -0.39 is 0 Å². The van der Waals surface area contributed by atoms with Gasteiger partial charge in [-0.05, 0) is 18.6 Å². The fourth-order valence-electron chi connectivity index (χ4n) is 2.68. The van der Waals surface area contributed by atoms with E-state index >= 15 is 0 Å². The van der Waals surface area contributed by atoms with Crippen molar-refractivity contribution >= 4 is 5.82 Å². The van der Waals surface area contributed by atoms with Crippen molar-refractivity contribution in [3.8, 4) is 11.3 Å². The van der Waals surface area contributed by atoms with Crippen molar-refractivity contribution in [3.63, 3.8) is 0 Å². The van der Waals surface area contributed by atoms with Gasteiger partial charge in [0.1, 0.15) is 0 Å². The molecule has 0 spiro atoms. The zero-order valence-corrected chi connectivity index (χ0v) is 13.0. The molecule has 22 heavy (non-hydrogen) atoms. The summed E-state index contributed by atoms with van der Waals surface area (Å²) < 4.78 is 0. The standard InChI is InChI=1S/C17H23N5/c1-14-13-16(15-5-3-2-4-6-15)20-21-17(14)19-9-12-22-10-7-18-8-11-22/h2-6,13,18H,7-12H2,1H3,(H,19,21). The number of rotatable bonds is 5. The number of aromatic nitrogens is 2. The van der Waals surface area contributed by atoms with E-state index in [1.54, 1.807) is 0 Å². The number of piperazine rings is 1. The van der Waals surface area contributed by atoms with E-state index in [9.17, 15) is 0 Å². The van der Waals surface area contributed by atoms with Crippen LogP contribution in [0.3, 0.4) is 0 Å². The predicted molar refractivity (Wildman–Crippen MR) is 90.0 cm³/mol. The molecule has 116 valence electrons. The summed E-state index contributed by atoms with van der Waals surface area (Å²) >= 11 is 0. The van der Waals surface area contributed by atoms with Crippen LogP contribution in [0.2, 0.25) is 0 Å². The largest absolute Gasteiger partial charge is 0.367 e. The topological polar surface area (TPSA) is 53.1 Å². The van der Waals surface area contributed by atoms with Gasteiger partial charge in [-0.15, -0.1) is 10.2 Å². The van der Waals surface area contributed by atoms with Crippen LogP contribution >= 0.6 is 0 Å². The van der Waals surface area contributed by atoms with Crippen LogP contribution in [-0.4, -0.2) is 54.4 Å². The smallest absolute Gasteiger partial charge is 0.151 e. The Hall–Kier alpha value is -1.98. The van der Waals surface area contributed by atoms with Crippen molar-refractivity contribution in [2.75, 3.05) is 44.6 Å². The third-order valence-corrected chi connectivity index (χ3v) is 3.98. The normalized spacial score (nSPS) is 15.7. The Bertz CT molecular complexity index is 593. The van der Waals surface area contributed by atoms with Gasteiger partial charge in [0.15, 0.2) is 5.82 Å². The molecular weight excluding hydrogens is 274 g/mol. The number of nitrogens with one attached hydrogen (secondary N) is 2. The van der Waals surface area contributed by atoms with Gasteiger partial charge < -0.3 is 10.6 Å². The average molecular weight is 297 g/mol. The predicted octanol–water partition coefficient (Wildman–Crippen LogP) is 1.77. The molecule has 5 nitrogen and oxygen atoms in total. The first-order chi connectivity index (χ1) is 10.8. The van der Waals surface area contributed by atoms with Crippen molar-refractivity contribution in [1.82, 2.24) is 20.4 Å². The van der Waals surface area contributed by atoms with E-state index in [0.717, 1.165) is 61.9 Å². The van der Waals surface area contributed by atoms with Gasteiger partial charge >= 0.3 is 0 Å². The maximum absolute atomic E-state index is 4.35. The molecular formula is C17H23N5. The summed E-state index contributed by atoms with van der Waals surface area (Å²) in [5.74, 6) is 0.884. The van der Waals surface area contributed by atoms with Gasteiger partial charge in [-0.25, -0.2) is 0 Å². The lowest BCUT2D eigenvalue weighted by Gasteiger charge is -2.27. The molecule has 3 rings (SSSR count). The van der Waals surface area contributed by atoms with Crippen molar-refractivity contribution in [1.29, 1.82) is 0 Å². The van der Waals surface area contributed by atoms with E-state index in [2.05, 4.69) is 50.9 Å². The van der Waals surface area contributed by atoms with E-state index in [4.69, 9.17) is 0 Å². The molecule has 1 aliphatic rings. The third kappa shape index (κ3) is 3.81. The first-order valence-electron chi connectivity index (χ1n) is 7.89. The molecule has 0 saturated carbocycles. The van der Waals surface area contributed by atoms with Crippen LogP contribution in [-0.2, 0) is 0 Å². The summed E-state index contributed by atoms with van der Waals surface area (Å²) in [7, 11) is 0. The first kappa shape index (κ1) is 14.9. The molecule has 0 unspecified atom stereocenters. The minimum atomic E-state index is 0.884. The van der Waals surface area contributed by atoms with Crippen LogP contribution in [0.5, 0.6) is 0 Å². The molecule has 1 aromatic carbocycles. The highest BCUT2D eigenvalue weighted by atomic mass is 15.2. The third-order valence-electron chi connectivity index (χ3n) is 3.98. The van der Waals surface area contributed by atoms with E-state index in [-0.39, 0.29) is 0 Å². The SMILES string of the molecule is Cc1cc(-c2ccccc2)nnc1NCCN1CCNCC1. The number of benzene rings is 1. The highest BCUT2D eigenvalue weighted by molar-refractivity contribution is 5.61. The Morgan fingerprint density at radius 1 is 1.14 bits per heavy atom. The quantitative estimate of drug-likeness (QED) is 0.881. The highest BCUT2D eigenvalue weighted by Crippen LogP contribution is 2.19. The highest BCUT2D eigenvalue weighted by Gasteiger charge is 2.09. The van der Waals surface area contributed by atoms with Crippen molar-refractivity contribution < 1.29 is 0 Å². The molecule has 0 amide bonds. The number of aryl methyl sites for hydroxylation is 1. The lowest BCUT2D eigenvalue weighted by molar-refractivity contribution is 0.249. The maximum atomic E-state index is 4.35.